The van der Waals surface area contributed by atoms with Gasteiger partial charge in [-0.2, -0.15) is 18.3 Å². The zero-order valence-corrected chi connectivity index (χ0v) is 15.9. The van der Waals surface area contributed by atoms with Gasteiger partial charge in [-0.3, -0.25) is 0 Å². The minimum Gasteiger partial charge on any atom is -0.477 e. The second-order valence-corrected chi connectivity index (χ2v) is 6.75. The van der Waals surface area contributed by atoms with E-state index in [2.05, 4.69) is 10.3 Å². The van der Waals surface area contributed by atoms with Crippen LogP contribution in [-0.4, -0.2) is 26.0 Å². The van der Waals surface area contributed by atoms with Gasteiger partial charge in [0.15, 0.2) is 11.5 Å². The molecule has 0 aliphatic heterocycles. The monoisotopic (exact) mass is 451 g/mol. The van der Waals surface area contributed by atoms with Crippen LogP contribution in [0.4, 0.5) is 17.6 Å². The van der Waals surface area contributed by atoms with Crippen LogP contribution >= 0.6 is 11.6 Å². The number of aromatic carboxylic acids is 1. The molecule has 6 nitrogen and oxygen atoms in total. The average molecular weight is 452 g/mol. The summed E-state index contributed by atoms with van der Waals surface area (Å²) >= 11 is 5.87. The van der Waals surface area contributed by atoms with E-state index in [1.807, 2.05) is 0 Å². The average Bonchev–Trinajstić information content (AvgIpc) is 3.32. The molecule has 31 heavy (non-hydrogen) atoms. The summed E-state index contributed by atoms with van der Waals surface area (Å²) in [7, 11) is 0. The number of carbonyl (C=O) groups is 1. The predicted molar refractivity (Wildman–Crippen MR) is 101 cm³/mol. The van der Waals surface area contributed by atoms with Crippen molar-refractivity contribution in [3.05, 3.63) is 76.8 Å². The van der Waals surface area contributed by atoms with Gasteiger partial charge in [0.05, 0.1) is 17.4 Å². The molecule has 158 valence electrons. The first kappa shape index (κ1) is 20.6. The number of nitrogens with zero attached hydrogens (tertiary/aromatic N) is 3. The Hall–Kier alpha value is -3.66. The first-order valence-electron chi connectivity index (χ1n) is 8.58. The molecule has 0 aliphatic carbocycles. The maximum Gasteiger partial charge on any atom is 0.434 e. The van der Waals surface area contributed by atoms with Crippen LogP contribution in [0.1, 0.15) is 16.1 Å². The van der Waals surface area contributed by atoms with Gasteiger partial charge in [-0.1, -0.05) is 35.0 Å². The van der Waals surface area contributed by atoms with Crippen LogP contribution in [0.15, 0.2) is 59.3 Å². The number of carboxylic acid groups (broad SMARTS) is 1. The molecule has 11 heteroatoms. The van der Waals surface area contributed by atoms with Crippen molar-refractivity contribution in [3.63, 3.8) is 0 Å². The van der Waals surface area contributed by atoms with Gasteiger partial charge in [-0.05, 0) is 30.3 Å². The van der Waals surface area contributed by atoms with Crippen molar-refractivity contribution in [2.75, 3.05) is 0 Å². The fourth-order valence-corrected chi connectivity index (χ4v) is 3.29. The quantitative estimate of drug-likeness (QED) is 0.402. The predicted octanol–water partition coefficient (Wildman–Crippen LogP) is 5.70. The van der Waals surface area contributed by atoms with Gasteiger partial charge in [0, 0.05) is 10.6 Å². The molecule has 4 rings (SSSR count). The highest BCUT2D eigenvalue weighted by atomic mass is 35.5. The second kappa shape index (κ2) is 7.55. The Morgan fingerprint density at radius 3 is 2.48 bits per heavy atom. The lowest BCUT2D eigenvalue weighted by Gasteiger charge is -2.12. The van der Waals surface area contributed by atoms with E-state index in [1.54, 1.807) is 0 Å². The third kappa shape index (κ3) is 3.66. The summed E-state index contributed by atoms with van der Waals surface area (Å²) in [5, 5.41) is 17.1. The SMILES string of the molecule is O=C(O)c1c(-c2ccccc2F)noc1-c1cnn(-c2cccc(Cl)c2)c1C(F)(F)F. The Kier molecular flexibility index (Phi) is 5.02. The summed E-state index contributed by atoms with van der Waals surface area (Å²) in [6.07, 6.45) is -4.14. The van der Waals surface area contributed by atoms with Crippen molar-refractivity contribution >= 4 is 17.6 Å². The maximum absolute atomic E-state index is 14.2. The molecule has 0 fully saturated rings. The van der Waals surface area contributed by atoms with Crippen LogP contribution in [0.5, 0.6) is 0 Å². The fourth-order valence-electron chi connectivity index (χ4n) is 3.10. The van der Waals surface area contributed by atoms with Crippen LogP contribution < -0.4 is 0 Å². The van der Waals surface area contributed by atoms with Crippen LogP contribution in [0.3, 0.4) is 0 Å². The lowest BCUT2D eigenvalue weighted by Crippen LogP contribution is -2.15. The number of hydrogen-bond acceptors (Lipinski definition) is 4. The molecule has 2 heterocycles. The third-order valence-corrected chi connectivity index (χ3v) is 4.61. The van der Waals surface area contributed by atoms with E-state index < -0.39 is 46.2 Å². The zero-order chi connectivity index (χ0) is 22.3. The highest BCUT2D eigenvalue weighted by Crippen LogP contribution is 2.41. The smallest absolute Gasteiger partial charge is 0.434 e. The van der Waals surface area contributed by atoms with E-state index in [0.29, 0.717) is 4.68 Å². The molecule has 0 radical (unpaired) electrons. The molecule has 0 saturated heterocycles. The molecule has 0 atom stereocenters. The van der Waals surface area contributed by atoms with Crippen molar-refractivity contribution in [1.82, 2.24) is 14.9 Å². The minimum atomic E-state index is -4.95. The van der Waals surface area contributed by atoms with Crippen LogP contribution in [0, 0.1) is 5.82 Å². The normalized spacial score (nSPS) is 11.6. The van der Waals surface area contributed by atoms with Crippen molar-refractivity contribution in [3.8, 4) is 28.3 Å². The van der Waals surface area contributed by atoms with Gasteiger partial charge in [-0.15, -0.1) is 0 Å². The van der Waals surface area contributed by atoms with Crippen LogP contribution in [0.25, 0.3) is 28.3 Å². The van der Waals surface area contributed by atoms with Crippen LogP contribution in [0.2, 0.25) is 5.02 Å². The van der Waals surface area contributed by atoms with Crippen molar-refractivity contribution < 1.29 is 32.0 Å². The van der Waals surface area contributed by atoms with Crippen molar-refractivity contribution in [2.24, 2.45) is 0 Å². The minimum absolute atomic E-state index is 0.00297. The molecule has 0 amide bonds. The largest absolute Gasteiger partial charge is 0.477 e. The molecule has 4 aromatic rings. The number of aromatic nitrogens is 3. The summed E-state index contributed by atoms with van der Waals surface area (Å²) in [4.78, 5) is 11.9. The number of carboxylic acids is 1. The number of halogens is 5. The third-order valence-electron chi connectivity index (χ3n) is 4.37. The standard InChI is InChI=1S/C20H10ClF4N3O3/c21-10-4-3-5-11(8-10)28-18(20(23,24)25)13(9-26-28)17-15(19(29)30)16(27-31-17)12-6-1-2-7-14(12)22/h1-9H,(H,29,30). The van der Waals surface area contributed by atoms with Crippen molar-refractivity contribution in [1.29, 1.82) is 0 Å². The van der Waals surface area contributed by atoms with Gasteiger partial charge in [0.25, 0.3) is 0 Å². The number of rotatable bonds is 4. The van der Waals surface area contributed by atoms with Gasteiger partial charge < -0.3 is 9.63 Å². The van der Waals surface area contributed by atoms with E-state index >= 15 is 0 Å². The fraction of sp³-hybridized carbons (Fsp3) is 0.0500. The molecule has 2 aromatic carbocycles. The molecular weight excluding hydrogens is 442 g/mol. The Morgan fingerprint density at radius 2 is 1.84 bits per heavy atom. The zero-order valence-electron chi connectivity index (χ0n) is 15.2. The molecule has 0 spiro atoms. The lowest BCUT2D eigenvalue weighted by atomic mass is 10.0. The molecule has 2 aromatic heterocycles. The number of hydrogen-bond donors (Lipinski definition) is 1. The summed E-state index contributed by atoms with van der Waals surface area (Å²) < 4.78 is 61.7. The van der Waals surface area contributed by atoms with E-state index in [1.165, 1.54) is 42.5 Å². The number of benzene rings is 2. The van der Waals surface area contributed by atoms with Crippen LogP contribution in [-0.2, 0) is 6.18 Å². The molecule has 0 unspecified atom stereocenters. The van der Waals surface area contributed by atoms with Crippen molar-refractivity contribution in [2.45, 2.75) is 6.18 Å². The van der Waals surface area contributed by atoms with Gasteiger partial charge in [0.1, 0.15) is 17.1 Å². The highest BCUT2D eigenvalue weighted by Gasteiger charge is 2.42. The molecule has 0 saturated carbocycles. The van der Waals surface area contributed by atoms with E-state index in [4.69, 9.17) is 16.1 Å². The van der Waals surface area contributed by atoms with Gasteiger partial charge in [-0.25, -0.2) is 13.9 Å². The first-order valence-corrected chi connectivity index (χ1v) is 8.95. The highest BCUT2D eigenvalue weighted by molar-refractivity contribution is 6.30. The molecule has 0 bridgehead atoms. The Morgan fingerprint density at radius 1 is 1.10 bits per heavy atom. The lowest BCUT2D eigenvalue weighted by molar-refractivity contribution is -0.142. The Bertz CT molecular complexity index is 1300. The molecular formula is C20H10ClF4N3O3. The summed E-state index contributed by atoms with van der Waals surface area (Å²) in [5.41, 5.74) is -3.36. The Labute approximate surface area is 176 Å². The number of alkyl halides is 3. The summed E-state index contributed by atoms with van der Waals surface area (Å²) in [5.74, 6) is -3.15. The summed E-state index contributed by atoms with van der Waals surface area (Å²) in [6.45, 7) is 0. The molecule has 0 aliphatic rings. The first-order chi connectivity index (χ1) is 14.7. The van der Waals surface area contributed by atoms with E-state index in [-0.39, 0.29) is 16.3 Å². The van der Waals surface area contributed by atoms with E-state index in [9.17, 15) is 27.5 Å². The second-order valence-electron chi connectivity index (χ2n) is 6.32. The summed E-state index contributed by atoms with van der Waals surface area (Å²) in [6, 6.07) is 10.6. The van der Waals surface area contributed by atoms with Gasteiger partial charge >= 0.3 is 12.1 Å². The van der Waals surface area contributed by atoms with E-state index in [0.717, 1.165) is 12.3 Å². The topological polar surface area (TPSA) is 81.2 Å². The molecule has 1 N–H and O–H groups in total. The maximum atomic E-state index is 14.2. The van der Waals surface area contributed by atoms with Gasteiger partial charge in [0.2, 0.25) is 0 Å². The Balaban J connectivity index is 1.98.